The Morgan fingerprint density at radius 3 is 2.19 bits per heavy atom. The SMILES string of the molecule is N#C/C(=C\c1cc(O)c(O)c(Br)c1)C(=S)NCc1cc(O)c(O)c(Br)c1.[HH]. The van der Waals surface area contributed by atoms with Crippen LogP contribution in [0.1, 0.15) is 12.6 Å². The largest absolute Gasteiger partial charge is 0.504 e. The van der Waals surface area contributed by atoms with Gasteiger partial charge in [-0.25, -0.2) is 0 Å². The van der Waals surface area contributed by atoms with Gasteiger partial charge in [-0.3, -0.25) is 0 Å². The van der Waals surface area contributed by atoms with Crippen molar-refractivity contribution < 1.29 is 21.9 Å². The topological polar surface area (TPSA) is 117 Å². The Morgan fingerprint density at radius 1 is 1.08 bits per heavy atom. The van der Waals surface area contributed by atoms with Gasteiger partial charge in [0.2, 0.25) is 0 Å². The van der Waals surface area contributed by atoms with Gasteiger partial charge < -0.3 is 25.7 Å². The number of hydrogen-bond acceptors (Lipinski definition) is 6. The van der Waals surface area contributed by atoms with Gasteiger partial charge in [0.05, 0.1) is 14.5 Å². The Morgan fingerprint density at radius 2 is 1.65 bits per heavy atom. The van der Waals surface area contributed by atoms with E-state index in [2.05, 4.69) is 37.2 Å². The van der Waals surface area contributed by atoms with Crippen molar-refractivity contribution in [3.63, 3.8) is 0 Å². The summed E-state index contributed by atoms with van der Waals surface area (Å²) in [6, 6.07) is 7.79. The minimum Gasteiger partial charge on any atom is -0.504 e. The lowest BCUT2D eigenvalue weighted by atomic mass is 10.1. The van der Waals surface area contributed by atoms with E-state index >= 15 is 0 Å². The van der Waals surface area contributed by atoms with E-state index in [0.29, 0.717) is 15.6 Å². The van der Waals surface area contributed by atoms with Crippen molar-refractivity contribution in [2.45, 2.75) is 6.54 Å². The first-order valence-electron chi connectivity index (χ1n) is 7.04. The summed E-state index contributed by atoms with van der Waals surface area (Å²) in [5.41, 5.74) is 1.26. The molecule has 2 rings (SSSR count). The quantitative estimate of drug-likeness (QED) is 0.183. The normalized spacial score (nSPS) is 11.0. The van der Waals surface area contributed by atoms with E-state index in [9.17, 15) is 25.7 Å². The zero-order valence-corrected chi connectivity index (χ0v) is 17.0. The van der Waals surface area contributed by atoms with Gasteiger partial charge in [0.25, 0.3) is 0 Å². The lowest BCUT2D eigenvalue weighted by Gasteiger charge is -2.10. The van der Waals surface area contributed by atoms with Crippen LogP contribution in [0.25, 0.3) is 6.08 Å². The molecule has 0 radical (unpaired) electrons. The van der Waals surface area contributed by atoms with E-state index in [1.807, 2.05) is 6.07 Å². The predicted molar refractivity (Wildman–Crippen MR) is 110 cm³/mol. The van der Waals surface area contributed by atoms with Crippen molar-refractivity contribution in [1.82, 2.24) is 5.32 Å². The summed E-state index contributed by atoms with van der Waals surface area (Å²) in [5, 5.41) is 50.5. The Kier molecular flexibility index (Phi) is 6.47. The number of nitrogens with one attached hydrogen (secondary N) is 1. The molecule has 2 aromatic carbocycles. The number of nitriles is 1. The molecule has 26 heavy (non-hydrogen) atoms. The number of nitrogens with zero attached hydrogens (tertiary/aromatic N) is 1. The second kappa shape index (κ2) is 8.40. The molecule has 0 fully saturated rings. The number of halogens is 2. The number of rotatable bonds is 4. The maximum absolute atomic E-state index is 9.64. The number of phenolic OH excluding ortho intramolecular Hbond substituents is 4. The number of thiocarbonyl (C=S) groups is 1. The van der Waals surface area contributed by atoms with Gasteiger partial charge in [0, 0.05) is 7.97 Å². The highest BCUT2D eigenvalue weighted by atomic mass is 79.9. The van der Waals surface area contributed by atoms with E-state index in [4.69, 9.17) is 12.2 Å². The first kappa shape index (κ1) is 20.0. The van der Waals surface area contributed by atoms with Crippen LogP contribution >= 0.6 is 44.1 Å². The van der Waals surface area contributed by atoms with Crippen LogP contribution in [0.4, 0.5) is 0 Å². The molecule has 0 spiro atoms. The maximum atomic E-state index is 9.64. The van der Waals surface area contributed by atoms with Crippen molar-refractivity contribution >= 4 is 55.1 Å². The molecular formula is C17H14Br2N2O4S. The molecule has 0 amide bonds. The fourth-order valence-corrected chi connectivity index (χ4v) is 3.16. The summed E-state index contributed by atoms with van der Waals surface area (Å²) >= 11 is 11.4. The molecular weight excluding hydrogens is 488 g/mol. The second-order valence-corrected chi connectivity index (χ2v) is 7.29. The lowest BCUT2D eigenvalue weighted by molar-refractivity contribution is 0.401. The van der Waals surface area contributed by atoms with Gasteiger partial charge in [0.1, 0.15) is 11.1 Å². The Labute approximate surface area is 172 Å². The Balaban J connectivity index is 0.00000364. The molecule has 6 nitrogen and oxygen atoms in total. The number of phenols is 4. The molecule has 0 atom stereocenters. The zero-order valence-electron chi connectivity index (χ0n) is 13.0. The van der Waals surface area contributed by atoms with Gasteiger partial charge in [-0.15, -0.1) is 0 Å². The third-order valence-electron chi connectivity index (χ3n) is 3.30. The summed E-state index contributed by atoms with van der Waals surface area (Å²) < 4.78 is 0.616. The molecule has 136 valence electrons. The van der Waals surface area contributed by atoms with Crippen molar-refractivity contribution in [3.05, 3.63) is 49.9 Å². The van der Waals surface area contributed by atoms with Gasteiger partial charge in [-0.2, -0.15) is 5.26 Å². The molecule has 0 aliphatic rings. The summed E-state index contributed by atoms with van der Waals surface area (Å²) in [6.07, 6.45) is 1.46. The van der Waals surface area contributed by atoms with Gasteiger partial charge in [-0.05, 0) is 73.3 Å². The smallest absolute Gasteiger partial charge is 0.171 e. The van der Waals surface area contributed by atoms with Crippen LogP contribution in [0.2, 0.25) is 0 Å². The van der Waals surface area contributed by atoms with E-state index < -0.39 is 0 Å². The molecule has 0 unspecified atom stereocenters. The van der Waals surface area contributed by atoms with Gasteiger partial charge in [-0.1, -0.05) is 12.2 Å². The first-order chi connectivity index (χ1) is 12.2. The predicted octanol–water partition coefficient (Wildman–Crippen LogP) is 4.30. The van der Waals surface area contributed by atoms with Crippen LogP contribution in [-0.4, -0.2) is 25.4 Å². The van der Waals surface area contributed by atoms with E-state index in [0.717, 1.165) is 0 Å². The van der Waals surface area contributed by atoms with Crippen LogP contribution < -0.4 is 5.32 Å². The molecule has 0 aliphatic carbocycles. The summed E-state index contributed by atoms with van der Waals surface area (Å²) in [4.78, 5) is 0.167. The highest BCUT2D eigenvalue weighted by molar-refractivity contribution is 9.10. The van der Waals surface area contributed by atoms with Gasteiger partial charge in [0.15, 0.2) is 23.0 Å². The summed E-state index contributed by atoms with van der Waals surface area (Å²) in [6.45, 7) is 0.217. The molecule has 0 aromatic heterocycles. The molecule has 9 heteroatoms. The van der Waals surface area contributed by atoms with Crippen LogP contribution in [-0.2, 0) is 6.54 Å². The average Bonchev–Trinajstić information content (AvgIpc) is 2.59. The van der Waals surface area contributed by atoms with E-state index in [1.54, 1.807) is 6.07 Å². The van der Waals surface area contributed by atoms with Crippen molar-refractivity contribution in [2.75, 3.05) is 0 Å². The molecule has 0 aliphatic heterocycles. The minimum atomic E-state index is -0.328. The van der Waals surface area contributed by atoms with Gasteiger partial charge >= 0.3 is 0 Å². The standard InChI is InChI=1S/C17H12Br2N2O4S.H2/c18-11-2-8(4-13(22)15(11)24)1-10(6-20)17(26)21-7-9-3-12(19)16(25)14(23)5-9;/h1-5,22-25H,7H2,(H,21,26);1H/b10-1+;. The number of hydrogen-bond donors (Lipinski definition) is 5. The van der Waals surface area contributed by atoms with Crippen molar-refractivity contribution in [1.29, 1.82) is 5.26 Å². The fourth-order valence-electron chi connectivity index (χ4n) is 2.02. The van der Waals surface area contributed by atoms with Crippen LogP contribution in [0, 0.1) is 11.3 Å². The molecule has 0 saturated heterocycles. The highest BCUT2D eigenvalue weighted by Crippen LogP contribution is 2.35. The zero-order chi connectivity index (χ0) is 19.4. The first-order valence-corrected chi connectivity index (χ1v) is 9.04. The molecule has 0 saturated carbocycles. The third kappa shape index (κ3) is 4.66. The third-order valence-corrected chi connectivity index (χ3v) is 4.87. The average molecular weight is 502 g/mol. The summed E-state index contributed by atoms with van der Waals surface area (Å²) in [5.74, 6) is -1.15. The molecule has 0 heterocycles. The molecule has 2 aromatic rings. The maximum Gasteiger partial charge on any atom is 0.171 e. The highest BCUT2D eigenvalue weighted by Gasteiger charge is 2.11. The minimum absolute atomic E-state index is 0. The van der Waals surface area contributed by atoms with Crippen LogP contribution in [0.15, 0.2) is 38.8 Å². The van der Waals surface area contributed by atoms with Crippen molar-refractivity contribution in [3.8, 4) is 29.1 Å². The Hall–Kier alpha value is -2.28. The summed E-state index contributed by atoms with van der Waals surface area (Å²) in [7, 11) is 0. The van der Waals surface area contributed by atoms with Crippen LogP contribution in [0.5, 0.6) is 23.0 Å². The fraction of sp³-hybridized carbons (Fsp3) is 0.0588. The number of benzene rings is 2. The van der Waals surface area contributed by atoms with Crippen LogP contribution in [0.3, 0.4) is 0 Å². The lowest BCUT2D eigenvalue weighted by Crippen LogP contribution is -2.22. The molecule has 5 N–H and O–H groups in total. The van der Waals surface area contributed by atoms with E-state index in [1.165, 1.54) is 24.3 Å². The second-order valence-electron chi connectivity index (χ2n) is 5.17. The molecule has 0 bridgehead atoms. The monoisotopic (exact) mass is 500 g/mol. The van der Waals surface area contributed by atoms with Crippen molar-refractivity contribution in [2.24, 2.45) is 0 Å². The Bertz CT molecular complexity index is 914. The van der Waals surface area contributed by atoms with E-state index in [-0.39, 0.29) is 46.0 Å². The number of aromatic hydroxyl groups is 4.